The number of methoxy groups -OCH3 is 2. The fraction of sp³-hybridized carbons (Fsp3) is 0.238. The van der Waals surface area contributed by atoms with E-state index in [0.29, 0.717) is 12.2 Å². The summed E-state index contributed by atoms with van der Waals surface area (Å²) in [6.07, 6.45) is 0.456. The van der Waals surface area contributed by atoms with Gasteiger partial charge in [0.25, 0.3) is 0 Å². The SMILES string of the molecule is COc1ccc(-c2nc3sc(CCNS(=O)(=O)c4ccc(OC)c(F)c4)c(C)n3n2)cc1. The van der Waals surface area contributed by atoms with E-state index in [1.165, 1.54) is 30.6 Å². The molecule has 0 aliphatic carbocycles. The molecule has 8 nitrogen and oxygen atoms in total. The van der Waals surface area contributed by atoms with Crippen LogP contribution in [0.15, 0.2) is 47.4 Å². The van der Waals surface area contributed by atoms with Gasteiger partial charge in [0.2, 0.25) is 15.0 Å². The number of sulfonamides is 1. The normalized spacial score (nSPS) is 11.8. The van der Waals surface area contributed by atoms with Gasteiger partial charge in [-0.25, -0.2) is 22.0 Å². The Morgan fingerprint density at radius 2 is 1.88 bits per heavy atom. The number of rotatable bonds is 8. The van der Waals surface area contributed by atoms with Crippen molar-refractivity contribution in [3.05, 3.63) is 58.9 Å². The van der Waals surface area contributed by atoms with Crippen LogP contribution in [-0.4, -0.2) is 43.8 Å². The van der Waals surface area contributed by atoms with Gasteiger partial charge < -0.3 is 9.47 Å². The fourth-order valence-corrected chi connectivity index (χ4v) is 5.27. The molecule has 0 aliphatic heterocycles. The van der Waals surface area contributed by atoms with Crippen LogP contribution in [0.1, 0.15) is 10.6 Å². The molecular weight excluding hydrogens is 455 g/mol. The average Bonchev–Trinajstić information content (AvgIpc) is 3.33. The highest BCUT2D eigenvalue weighted by atomic mass is 32.2. The van der Waals surface area contributed by atoms with Gasteiger partial charge in [-0.3, -0.25) is 0 Å². The molecule has 32 heavy (non-hydrogen) atoms. The third kappa shape index (κ3) is 4.31. The van der Waals surface area contributed by atoms with Gasteiger partial charge in [0.05, 0.1) is 24.8 Å². The zero-order valence-electron chi connectivity index (χ0n) is 17.6. The van der Waals surface area contributed by atoms with Crippen molar-refractivity contribution in [1.29, 1.82) is 0 Å². The topological polar surface area (TPSA) is 94.8 Å². The molecule has 0 saturated carbocycles. The summed E-state index contributed by atoms with van der Waals surface area (Å²) < 4.78 is 53.1. The summed E-state index contributed by atoms with van der Waals surface area (Å²) in [5.41, 5.74) is 1.77. The Hall–Kier alpha value is -3.02. The Labute approximate surface area is 188 Å². The van der Waals surface area contributed by atoms with Gasteiger partial charge in [0.1, 0.15) is 5.75 Å². The molecule has 168 valence electrons. The first-order chi connectivity index (χ1) is 15.3. The number of benzene rings is 2. The lowest BCUT2D eigenvalue weighted by Crippen LogP contribution is -2.26. The van der Waals surface area contributed by atoms with Crippen LogP contribution in [0.4, 0.5) is 4.39 Å². The third-order valence-corrected chi connectivity index (χ3v) is 7.59. The number of nitrogens with one attached hydrogen (secondary N) is 1. The molecule has 0 amide bonds. The molecule has 2 aromatic heterocycles. The Morgan fingerprint density at radius 3 is 2.50 bits per heavy atom. The van der Waals surface area contributed by atoms with Crippen molar-refractivity contribution >= 4 is 26.3 Å². The van der Waals surface area contributed by atoms with Gasteiger partial charge in [0.15, 0.2) is 17.4 Å². The van der Waals surface area contributed by atoms with Crippen LogP contribution in [0.5, 0.6) is 11.5 Å². The number of aromatic nitrogens is 3. The van der Waals surface area contributed by atoms with Crippen LogP contribution in [0.3, 0.4) is 0 Å². The molecule has 0 fully saturated rings. The summed E-state index contributed by atoms with van der Waals surface area (Å²) in [5.74, 6) is 0.622. The second-order valence-electron chi connectivity index (χ2n) is 6.91. The van der Waals surface area contributed by atoms with Crippen molar-refractivity contribution in [2.75, 3.05) is 20.8 Å². The maximum atomic E-state index is 13.9. The molecule has 2 heterocycles. The summed E-state index contributed by atoms with van der Waals surface area (Å²) in [4.78, 5) is 6.12. The molecule has 0 aliphatic rings. The monoisotopic (exact) mass is 476 g/mol. The molecule has 0 unspecified atom stereocenters. The van der Waals surface area contributed by atoms with E-state index in [1.807, 2.05) is 31.2 Å². The molecule has 0 saturated heterocycles. The number of fused-ring (bicyclic) bond motifs is 1. The number of hydrogen-bond acceptors (Lipinski definition) is 7. The van der Waals surface area contributed by atoms with E-state index in [2.05, 4.69) is 14.8 Å². The standard InChI is InChI=1S/C21H21FN4O4S2/c1-13-19(10-11-23-32(27,28)16-8-9-18(30-3)17(22)12-16)31-21-24-20(25-26(13)21)14-4-6-15(29-2)7-5-14/h4-9,12,23H,10-11H2,1-3H3. The predicted molar refractivity (Wildman–Crippen MR) is 119 cm³/mol. The minimum atomic E-state index is -3.85. The Bertz CT molecular complexity index is 1360. The van der Waals surface area contributed by atoms with Crippen molar-refractivity contribution in [2.24, 2.45) is 0 Å². The van der Waals surface area contributed by atoms with Crippen molar-refractivity contribution in [3.63, 3.8) is 0 Å². The number of aryl methyl sites for hydroxylation is 1. The van der Waals surface area contributed by atoms with Crippen LogP contribution < -0.4 is 14.2 Å². The molecule has 0 spiro atoms. The largest absolute Gasteiger partial charge is 0.497 e. The van der Waals surface area contributed by atoms with E-state index in [0.717, 1.165) is 32.9 Å². The maximum absolute atomic E-state index is 13.9. The molecule has 1 N–H and O–H groups in total. The summed E-state index contributed by atoms with van der Waals surface area (Å²) in [5, 5.41) is 4.57. The quantitative estimate of drug-likeness (QED) is 0.419. The first kappa shape index (κ1) is 22.2. The van der Waals surface area contributed by atoms with Crippen LogP contribution in [0.2, 0.25) is 0 Å². The van der Waals surface area contributed by atoms with Crippen molar-refractivity contribution < 1.29 is 22.3 Å². The maximum Gasteiger partial charge on any atom is 0.240 e. The van der Waals surface area contributed by atoms with Crippen molar-refractivity contribution in [1.82, 2.24) is 19.3 Å². The zero-order valence-corrected chi connectivity index (χ0v) is 19.3. The van der Waals surface area contributed by atoms with Crippen LogP contribution in [0.25, 0.3) is 16.3 Å². The summed E-state index contributed by atoms with van der Waals surface area (Å²) in [6, 6.07) is 11.0. The van der Waals surface area contributed by atoms with E-state index in [-0.39, 0.29) is 17.2 Å². The number of nitrogens with zero attached hydrogens (tertiary/aromatic N) is 3. The zero-order chi connectivity index (χ0) is 22.9. The van der Waals surface area contributed by atoms with Crippen molar-refractivity contribution in [3.8, 4) is 22.9 Å². The summed E-state index contributed by atoms with van der Waals surface area (Å²) >= 11 is 1.45. The fourth-order valence-electron chi connectivity index (χ4n) is 3.18. The number of ether oxygens (including phenoxy) is 2. The Kier molecular flexibility index (Phi) is 6.13. The van der Waals surface area contributed by atoms with E-state index < -0.39 is 15.8 Å². The summed E-state index contributed by atoms with van der Waals surface area (Å²) in [7, 11) is -0.915. The van der Waals surface area contributed by atoms with E-state index in [4.69, 9.17) is 9.47 Å². The van der Waals surface area contributed by atoms with Crippen LogP contribution >= 0.6 is 11.3 Å². The molecule has 11 heteroatoms. The molecule has 4 aromatic rings. The van der Waals surface area contributed by atoms with Gasteiger partial charge in [-0.05, 0) is 55.8 Å². The molecule has 0 radical (unpaired) electrons. The number of thiazole rings is 1. The highest BCUT2D eigenvalue weighted by Crippen LogP contribution is 2.26. The van der Waals surface area contributed by atoms with Gasteiger partial charge in [-0.2, -0.15) is 4.98 Å². The lowest BCUT2D eigenvalue weighted by molar-refractivity contribution is 0.385. The highest BCUT2D eigenvalue weighted by Gasteiger charge is 2.18. The molecule has 2 aromatic carbocycles. The first-order valence-electron chi connectivity index (χ1n) is 9.65. The van der Waals surface area contributed by atoms with Gasteiger partial charge in [0, 0.05) is 17.0 Å². The summed E-state index contributed by atoms with van der Waals surface area (Å²) in [6.45, 7) is 2.07. The highest BCUT2D eigenvalue weighted by molar-refractivity contribution is 7.89. The van der Waals surface area contributed by atoms with Gasteiger partial charge in [-0.15, -0.1) is 5.10 Å². The lowest BCUT2D eigenvalue weighted by atomic mass is 10.2. The second kappa shape index (κ2) is 8.85. The van der Waals surface area contributed by atoms with Crippen LogP contribution in [-0.2, 0) is 16.4 Å². The molecule has 0 atom stereocenters. The predicted octanol–water partition coefficient (Wildman–Crippen LogP) is 3.44. The number of hydrogen-bond donors (Lipinski definition) is 1. The molecule has 0 bridgehead atoms. The number of halogens is 1. The second-order valence-corrected chi connectivity index (χ2v) is 9.74. The molecular formula is C21H21FN4O4S2. The Morgan fingerprint density at radius 1 is 1.12 bits per heavy atom. The lowest BCUT2D eigenvalue weighted by Gasteiger charge is -2.08. The van der Waals surface area contributed by atoms with Gasteiger partial charge >= 0.3 is 0 Å². The third-order valence-electron chi connectivity index (χ3n) is 4.94. The average molecular weight is 477 g/mol. The van der Waals surface area contributed by atoms with Gasteiger partial charge in [-0.1, -0.05) is 11.3 Å². The van der Waals surface area contributed by atoms with E-state index in [1.54, 1.807) is 11.6 Å². The van der Waals surface area contributed by atoms with E-state index >= 15 is 0 Å². The smallest absolute Gasteiger partial charge is 0.240 e. The minimum absolute atomic E-state index is 0.0111. The van der Waals surface area contributed by atoms with Crippen molar-refractivity contribution in [2.45, 2.75) is 18.2 Å². The van der Waals surface area contributed by atoms with Crippen LogP contribution in [0, 0.1) is 12.7 Å². The first-order valence-corrected chi connectivity index (χ1v) is 11.9. The van der Waals surface area contributed by atoms with E-state index in [9.17, 15) is 12.8 Å². The Balaban J connectivity index is 1.46. The minimum Gasteiger partial charge on any atom is -0.497 e. The molecule has 4 rings (SSSR count).